The first-order valence-corrected chi connectivity index (χ1v) is 9.98. The first-order chi connectivity index (χ1) is 12.1. The highest BCUT2D eigenvalue weighted by molar-refractivity contribution is 8.18. The molecule has 136 valence electrons. The quantitative estimate of drug-likeness (QED) is 0.549. The minimum atomic E-state index is -0.229. The number of amides is 2. The second kappa shape index (κ2) is 10.00. The Morgan fingerprint density at radius 1 is 1.12 bits per heavy atom. The van der Waals surface area contributed by atoms with Gasteiger partial charge in [-0.2, -0.15) is 0 Å². The lowest BCUT2D eigenvalue weighted by molar-refractivity contribution is -0.124. The fraction of sp³-hybridized carbons (Fsp3) is 0.474. The summed E-state index contributed by atoms with van der Waals surface area (Å²) in [7, 11) is 0. The van der Waals surface area contributed by atoms with Crippen molar-refractivity contribution in [2.24, 2.45) is 0 Å². The van der Waals surface area contributed by atoms with E-state index in [-0.39, 0.29) is 11.1 Å². The number of nitrogens with zero attached hydrogens (tertiary/aromatic N) is 2. The van der Waals surface area contributed by atoms with Crippen molar-refractivity contribution in [2.45, 2.75) is 39.5 Å². The molecule has 0 radical (unpaired) electrons. The molecule has 1 saturated heterocycles. The molecule has 1 fully saturated rings. The fourth-order valence-electron chi connectivity index (χ4n) is 2.57. The average molecular weight is 381 g/mol. The average Bonchev–Trinajstić information content (AvgIpc) is 2.86. The summed E-state index contributed by atoms with van der Waals surface area (Å²) in [6.45, 7) is 6.46. The zero-order chi connectivity index (χ0) is 18.2. The van der Waals surface area contributed by atoms with Crippen LogP contribution in [0, 0.1) is 0 Å². The molecule has 0 unspecified atom stereocenters. The molecule has 2 amide bonds. The van der Waals surface area contributed by atoms with Crippen molar-refractivity contribution in [1.82, 2.24) is 9.80 Å². The van der Waals surface area contributed by atoms with Crippen molar-refractivity contribution in [3.05, 3.63) is 39.8 Å². The lowest BCUT2D eigenvalue weighted by Crippen LogP contribution is -2.41. The first-order valence-electron chi connectivity index (χ1n) is 8.79. The number of halogens is 1. The summed E-state index contributed by atoms with van der Waals surface area (Å²) in [5, 5.41) is 0.364. The maximum atomic E-state index is 12.7. The molecule has 0 N–H and O–H groups in total. The monoisotopic (exact) mass is 380 g/mol. The van der Waals surface area contributed by atoms with Crippen molar-refractivity contribution >= 4 is 40.6 Å². The third kappa shape index (κ3) is 5.59. The standard InChI is InChI=1S/C19H25ClN2O2S/c1-3-5-11-21(12-6-4-2)14-22-18(23)17(25-19(22)24)13-15-9-7-8-10-16(15)20/h7-10,13H,3-6,11-12,14H2,1-2H3/b17-13+. The minimum absolute atomic E-state index is 0.207. The normalized spacial score (nSPS) is 16.5. The van der Waals surface area contributed by atoms with Crippen LogP contribution < -0.4 is 0 Å². The van der Waals surface area contributed by atoms with Gasteiger partial charge in [0.25, 0.3) is 11.1 Å². The molecule has 0 saturated carbocycles. The van der Waals surface area contributed by atoms with E-state index < -0.39 is 0 Å². The van der Waals surface area contributed by atoms with Crippen LogP contribution in [0.3, 0.4) is 0 Å². The van der Waals surface area contributed by atoms with Gasteiger partial charge in [-0.25, -0.2) is 0 Å². The van der Waals surface area contributed by atoms with Crippen molar-refractivity contribution < 1.29 is 9.59 Å². The number of hydrogen-bond acceptors (Lipinski definition) is 4. The lowest BCUT2D eigenvalue weighted by atomic mass is 10.2. The van der Waals surface area contributed by atoms with Crippen LogP contribution in [0.1, 0.15) is 45.1 Å². The van der Waals surface area contributed by atoms with Gasteiger partial charge < -0.3 is 0 Å². The maximum absolute atomic E-state index is 12.7. The molecule has 0 atom stereocenters. The predicted molar refractivity (Wildman–Crippen MR) is 106 cm³/mol. The van der Waals surface area contributed by atoms with Crippen molar-refractivity contribution in [3.63, 3.8) is 0 Å². The number of rotatable bonds is 9. The Bertz CT molecular complexity index is 640. The molecule has 4 nitrogen and oxygen atoms in total. The Hall–Kier alpha value is -1.30. The first kappa shape index (κ1) is 20.0. The van der Waals surface area contributed by atoms with Crippen LogP contribution in [0.15, 0.2) is 29.2 Å². The highest BCUT2D eigenvalue weighted by atomic mass is 35.5. The summed E-state index contributed by atoms with van der Waals surface area (Å²) >= 11 is 7.14. The number of unbranched alkanes of at least 4 members (excludes halogenated alkanes) is 2. The molecular weight excluding hydrogens is 356 g/mol. The molecule has 0 bridgehead atoms. The number of imide groups is 1. The van der Waals surface area contributed by atoms with Gasteiger partial charge in [0.15, 0.2) is 0 Å². The third-order valence-electron chi connectivity index (χ3n) is 4.06. The van der Waals surface area contributed by atoms with Crippen LogP contribution in [-0.2, 0) is 4.79 Å². The van der Waals surface area contributed by atoms with E-state index in [9.17, 15) is 9.59 Å². The molecule has 0 aromatic heterocycles. The Labute approximate surface area is 159 Å². The van der Waals surface area contributed by atoms with Crippen LogP contribution in [0.2, 0.25) is 5.02 Å². The van der Waals surface area contributed by atoms with Gasteiger partial charge in [0, 0.05) is 5.02 Å². The summed E-state index contributed by atoms with van der Waals surface area (Å²) in [6, 6.07) is 7.31. The molecular formula is C19H25ClN2O2S. The molecule has 2 rings (SSSR count). The molecule has 25 heavy (non-hydrogen) atoms. The summed E-state index contributed by atoms with van der Waals surface area (Å²) in [5.74, 6) is -0.229. The minimum Gasteiger partial charge on any atom is -0.286 e. The van der Waals surface area contributed by atoms with Crippen LogP contribution in [0.25, 0.3) is 6.08 Å². The highest BCUT2D eigenvalue weighted by Crippen LogP contribution is 2.33. The van der Waals surface area contributed by atoms with Gasteiger partial charge in [-0.05, 0) is 55.4 Å². The van der Waals surface area contributed by atoms with Gasteiger partial charge in [0.05, 0.1) is 11.6 Å². The number of benzene rings is 1. The molecule has 1 aromatic rings. The highest BCUT2D eigenvalue weighted by Gasteiger charge is 2.35. The van der Waals surface area contributed by atoms with Gasteiger partial charge in [0.1, 0.15) is 0 Å². The molecule has 1 heterocycles. The molecule has 1 aromatic carbocycles. The second-order valence-electron chi connectivity index (χ2n) is 6.10. The van der Waals surface area contributed by atoms with Crippen molar-refractivity contribution in [3.8, 4) is 0 Å². The van der Waals surface area contributed by atoms with Gasteiger partial charge in [-0.1, -0.05) is 56.5 Å². The van der Waals surface area contributed by atoms with Crippen LogP contribution in [-0.4, -0.2) is 40.7 Å². The van der Waals surface area contributed by atoms with Gasteiger partial charge >= 0.3 is 0 Å². The summed E-state index contributed by atoms with van der Waals surface area (Å²) in [6.07, 6.45) is 6.02. The Kier molecular flexibility index (Phi) is 8.00. The van der Waals surface area contributed by atoms with E-state index in [1.807, 2.05) is 18.2 Å². The van der Waals surface area contributed by atoms with E-state index in [1.54, 1.807) is 12.1 Å². The molecule has 6 heteroatoms. The summed E-state index contributed by atoms with van der Waals surface area (Å²) < 4.78 is 0. The fourth-order valence-corrected chi connectivity index (χ4v) is 3.58. The van der Waals surface area contributed by atoms with Crippen LogP contribution in [0.5, 0.6) is 0 Å². The summed E-state index contributed by atoms with van der Waals surface area (Å²) in [4.78, 5) is 29.0. The number of hydrogen-bond donors (Lipinski definition) is 0. The molecule has 1 aliphatic heterocycles. The van der Waals surface area contributed by atoms with Gasteiger partial charge in [-0.3, -0.25) is 19.4 Å². The van der Waals surface area contributed by atoms with E-state index in [1.165, 1.54) is 4.90 Å². The van der Waals surface area contributed by atoms with Crippen LogP contribution >= 0.6 is 23.4 Å². The lowest BCUT2D eigenvalue weighted by Gasteiger charge is -2.26. The molecule has 1 aliphatic rings. The smallest absolute Gasteiger partial charge is 0.286 e. The Morgan fingerprint density at radius 3 is 2.36 bits per heavy atom. The SMILES string of the molecule is CCCCN(CCCC)CN1C(=O)S/C(=C/c2ccccc2Cl)C1=O. The third-order valence-corrected chi connectivity index (χ3v) is 5.31. The number of carbonyl (C=O) groups is 2. The second-order valence-corrected chi connectivity index (χ2v) is 7.50. The van der Waals surface area contributed by atoms with Gasteiger partial charge in [-0.15, -0.1) is 0 Å². The Balaban J connectivity index is 2.10. The largest absolute Gasteiger partial charge is 0.294 e. The number of thioether (sulfide) groups is 1. The van der Waals surface area contributed by atoms with Crippen LogP contribution in [0.4, 0.5) is 4.79 Å². The maximum Gasteiger partial charge on any atom is 0.294 e. The van der Waals surface area contributed by atoms with E-state index in [4.69, 9.17) is 11.6 Å². The topological polar surface area (TPSA) is 40.6 Å². The zero-order valence-corrected chi connectivity index (χ0v) is 16.4. The van der Waals surface area contributed by atoms with E-state index >= 15 is 0 Å². The van der Waals surface area contributed by atoms with Crippen molar-refractivity contribution in [2.75, 3.05) is 19.8 Å². The molecule has 0 spiro atoms. The van der Waals surface area contributed by atoms with Crippen molar-refractivity contribution in [1.29, 1.82) is 0 Å². The Morgan fingerprint density at radius 2 is 1.76 bits per heavy atom. The predicted octanol–water partition coefficient (Wildman–Crippen LogP) is 5.24. The summed E-state index contributed by atoms with van der Waals surface area (Å²) in [5.41, 5.74) is 0.753. The number of carbonyl (C=O) groups excluding carboxylic acids is 2. The van der Waals surface area contributed by atoms with E-state index in [0.29, 0.717) is 16.6 Å². The van der Waals surface area contributed by atoms with Gasteiger partial charge in [0.2, 0.25) is 0 Å². The van der Waals surface area contributed by atoms with E-state index in [2.05, 4.69) is 18.7 Å². The molecule has 0 aliphatic carbocycles. The van der Waals surface area contributed by atoms with E-state index in [0.717, 1.165) is 56.1 Å². The zero-order valence-electron chi connectivity index (χ0n) is 14.8.